The molecule has 0 aliphatic rings. The van der Waals surface area contributed by atoms with E-state index in [1.807, 2.05) is 6.07 Å². The van der Waals surface area contributed by atoms with Crippen molar-refractivity contribution in [3.8, 4) is 17.2 Å². The lowest BCUT2D eigenvalue weighted by molar-refractivity contribution is -0.384. The van der Waals surface area contributed by atoms with Crippen LogP contribution in [0, 0.1) is 10.1 Å². The van der Waals surface area contributed by atoms with Crippen LogP contribution in [0.2, 0.25) is 0 Å². The van der Waals surface area contributed by atoms with Crippen LogP contribution in [0.15, 0.2) is 72.8 Å². The van der Waals surface area contributed by atoms with Crippen LogP contribution in [-0.2, 0) is 0 Å². The highest BCUT2D eigenvalue weighted by atomic mass is 16.6. The van der Waals surface area contributed by atoms with Crippen LogP contribution in [0.4, 0.5) is 5.69 Å². The monoisotopic (exact) mass is 378 g/mol. The first kappa shape index (κ1) is 18.9. The van der Waals surface area contributed by atoms with E-state index >= 15 is 0 Å². The van der Waals surface area contributed by atoms with Crippen molar-refractivity contribution in [1.29, 1.82) is 0 Å². The van der Waals surface area contributed by atoms with Gasteiger partial charge in [0.25, 0.3) is 11.6 Å². The Hall–Kier alpha value is -3.87. The summed E-state index contributed by atoms with van der Waals surface area (Å²) in [7, 11) is 0. The van der Waals surface area contributed by atoms with Crippen molar-refractivity contribution < 1.29 is 19.6 Å². The van der Waals surface area contributed by atoms with E-state index < -0.39 is 16.9 Å². The Bertz CT molecular complexity index is 1000. The van der Waals surface area contributed by atoms with Gasteiger partial charge >= 0.3 is 0 Å². The molecule has 0 aromatic heterocycles. The summed E-state index contributed by atoms with van der Waals surface area (Å²) in [6, 6.07) is 18.8. The molecule has 3 rings (SSSR count). The molecule has 142 valence electrons. The van der Waals surface area contributed by atoms with Crippen LogP contribution < -0.4 is 10.1 Å². The maximum Gasteiger partial charge on any atom is 0.270 e. The molecule has 0 aliphatic carbocycles. The fourth-order valence-corrected chi connectivity index (χ4v) is 2.67. The highest BCUT2D eigenvalue weighted by Gasteiger charge is 2.20. The number of carbonyl (C=O) groups is 1. The minimum Gasteiger partial charge on any atom is -0.508 e. The SMILES string of the molecule is CC(NC(=O)c1cc([N+](=O)[O-])ccc1Oc1ccccc1)c1cccc(O)c1. The zero-order chi connectivity index (χ0) is 20.1. The molecule has 1 unspecified atom stereocenters. The summed E-state index contributed by atoms with van der Waals surface area (Å²) in [4.78, 5) is 23.4. The fraction of sp³-hybridized carbons (Fsp3) is 0.0952. The third-order valence-electron chi connectivity index (χ3n) is 4.11. The molecule has 3 aromatic rings. The molecule has 0 radical (unpaired) electrons. The number of hydrogen-bond donors (Lipinski definition) is 2. The Morgan fingerprint density at radius 3 is 2.50 bits per heavy atom. The zero-order valence-corrected chi connectivity index (χ0v) is 15.0. The van der Waals surface area contributed by atoms with Gasteiger partial charge in [-0.25, -0.2) is 0 Å². The third kappa shape index (κ3) is 4.45. The van der Waals surface area contributed by atoms with Crippen molar-refractivity contribution in [2.45, 2.75) is 13.0 Å². The Morgan fingerprint density at radius 1 is 1.07 bits per heavy atom. The van der Waals surface area contributed by atoms with Crippen LogP contribution in [-0.4, -0.2) is 15.9 Å². The van der Waals surface area contributed by atoms with Gasteiger partial charge in [-0.2, -0.15) is 0 Å². The highest BCUT2D eigenvalue weighted by Crippen LogP contribution is 2.29. The molecule has 0 saturated carbocycles. The van der Waals surface area contributed by atoms with Gasteiger partial charge in [-0.1, -0.05) is 30.3 Å². The molecular weight excluding hydrogens is 360 g/mol. The highest BCUT2D eigenvalue weighted by molar-refractivity contribution is 5.98. The first-order valence-corrected chi connectivity index (χ1v) is 8.55. The fourth-order valence-electron chi connectivity index (χ4n) is 2.67. The van der Waals surface area contributed by atoms with Crippen LogP contribution in [0.5, 0.6) is 17.2 Å². The van der Waals surface area contributed by atoms with E-state index in [1.165, 1.54) is 24.3 Å². The molecule has 0 bridgehead atoms. The lowest BCUT2D eigenvalue weighted by atomic mass is 10.1. The predicted octanol–water partition coefficient (Wildman–Crippen LogP) is 4.58. The van der Waals surface area contributed by atoms with Gasteiger partial charge in [0.1, 0.15) is 17.2 Å². The number of nitro groups is 1. The minimum atomic E-state index is -0.568. The predicted molar refractivity (Wildman–Crippen MR) is 104 cm³/mol. The number of benzene rings is 3. The van der Waals surface area contributed by atoms with E-state index in [0.717, 1.165) is 0 Å². The van der Waals surface area contributed by atoms with Crippen LogP contribution in [0.25, 0.3) is 0 Å². The number of ether oxygens (including phenoxy) is 1. The van der Waals surface area contributed by atoms with E-state index in [2.05, 4.69) is 5.32 Å². The summed E-state index contributed by atoms with van der Waals surface area (Å²) in [5.41, 5.74) is 0.532. The molecule has 1 amide bonds. The van der Waals surface area contributed by atoms with Crippen molar-refractivity contribution in [3.05, 3.63) is 94.0 Å². The summed E-state index contributed by atoms with van der Waals surface area (Å²) in [5, 5.41) is 23.5. The number of phenols is 1. The maximum atomic E-state index is 12.8. The van der Waals surface area contributed by atoms with Crippen molar-refractivity contribution in [1.82, 2.24) is 5.32 Å². The zero-order valence-electron chi connectivity index (χ0n) is 15.0. The van der Waals surface area contributed by atoms with E-state index in [4.69, 9.17) is 4.74 Å². The second-order valence-corrected chi connectivity index (χ2v) is 6.14. The van der Waals surface area contributed by atoms with Gasteiger partial charge in [0.2, 0.25) is 0 Å². The Labute approximate surface area is 161 Å². The number of aromatic hydroxyl groups is 1. The molecule has 28 heavy (non-hydrogen) atoms. The van der Waals surface area contributed by atoms with Crippen molar-refractivity contribution in [2.75, 3.05) is 0 Å². The molecule has 7 nitrogen and oxygen atoms in total. The average Bonchev–Trinajstić information content (AvgIpc) is 2.68. The van der Waals surface area contributed by atoms with E-state index in [9.17, 15) is 20.0 Å². The normalized spacial score (nSPS) is 11.5. The summed E-state index contributed by atoms with van der Waals surface area (Å²) in [6.07, 6.45) is 0. The molecule has 1 atom stereocenters. The lowest BCUT2D eigenvalue weighted by Gasteiger charge is -2.16. The average molecular weight is 378 g/mol. The standard InChI is InChI=1S/C21H18N2O5/c1-14(15-6-5-7-17(24)12-15)22-21(25)19-13-16(23(26)27)10-11-20(19)28-18-8-3-2-4-9-18/h2-14,24H,1H3,(H,22,25). The quantitative estimate of drug-likeness (QED) is 0.483. The van der Waals surface area contributed by atoms with Gasteiger partial charge in [0, 0.05) is 12.1 Å². The minimum absolute atomic E-state index is 0.0463. The van der Waals surface area contributed by atoms with Crippen molar-refractivity contribution >= 4 is 11.6 Å². The number of carbonyl (C=O) groups excluding carboxylic acids is 1. The third-order valence-corrected chi connectivity index (χ3v) is 4.11. The Kier molecular flexibility index (Phi) is 5.55. The summed E-state index contributed by atoms with van der Waals surface area (Å²) >= 11 is 0. The largest absolute Gasteiger partial charge is 0.508 e. The smallest absolute Gasteiger partial charge is 0.270 e. The number of phenolic OH excluding ortho intramolecular Hbond substituents is 1. The van der Waals surface area contributed by atoms with Gasteiger partial charge in [-0.05, 0) is 42.8 Å². The van der Waals surface area contributed by atoms with Crippen LogP contribution >= 0.6 is 0 Å². The van der Waals surface area contributed by atoms with Crippen LogP contribution in [0.3, 0.4) is 0 Å². The molecule has 0 aliphatic heterocycles. The number of para-hydroxylation sites is 1. The topological polar surface area (TPSA) is 102 Å². The van der Waals surface area contributed by atoms with Gasteiger partial charge in [0.15, 0.2) is 0 Å². The first-order valence-electron chi connectivity index (χ1n) is 8.55. The van der Waals surface area contributed by atoms with E-state index in [-0.39, 0.29) is 22.7 Å². The van der Waals surface area contributed by atoms with Gasteiger partial charge in [-0.3, -0.25) is 14.9 Å². The lowest BCUT2D eigenvalue weighted by Crippen LogP contribution is -2.27. The number of nitro benzene ring substituents is 1. The number of rotatable bonds is 6. The van der Waals surface area contributed by atoms with Crippen molar-refractivity contribution in [3.63, 3.8) is 0 Å². The Balaban J connectivity index is 1.90. The van der Waals surface area contributed by atoms with E-state index in [0.29, 0.717) is 11.3 Å². The number of nitrogens with zero attached hydrogens (tertiary/aromatic N) is 1. The molecule has 0 heterocycles. The van der Waals surface area contributed by atoms with Gasteiger partial charge in [0.05, 0.1) is 16.5 Å². The molecule has 3 aromatic carbocycles. The number of nitrogens with one attached hydrogen (secondary N) is 1. The number of amides is 1. The molecule has 2 N–H and O–H groups in total. The molecule has 0 fully saturated rings. The molecule has 0 spiro atoms. The summed E-state index contributed by atoms with van der Waals surface area (Å²) in [5.74, 6) is 0.274. The van der Waals surface area contributed by atoms with Crippen LogP contribution in [0.1, 0.15) is 28.9 Å². The Morgan fingerprint density at radius 2 is 1.82 bits per heavy atom. The molecular formula is C21H18N2O5. The first-order chi connectivity index (χ1) is 13.4. The molecule has 0 saturated heterocycles. The second kappa shape index (κ2) is 8.22. The van der Waals surface area contributed by atoms with Crippen molar-refractivity contribution in [2.24, 2.45) is 0 Å². The molecule has 7 heteroatoms. The maximum absolute atomic E-state index is 12.8. The van der Waals surface area contributed by atoms with Gasteiger partial charge < -0.3 is 15.2 Å². The summed E-state index contributed by atoms with van der Waals surface area (Å²) < 4.78 is 5.75. The summed E-state index contributed by atoms with van der Waals surface area (Å²) in [6.45, 7) is 1.75. The van der Waals surface area contributed by atoms with E-state index in [1.54, 1.807) is 49.4 Å². The van der Waals surface area contributed by atoms with Gasteiger partial charge in [-0.15, -0.1) is 0 Å². The number of hydrogen-bond acceptors (Lipinski definition) is 5. The number of non-ortho nitro benzene ring substituents is 1. The second-order valence-electron chi connectivity index (χ2n) is 6.14.